The standard InChI is InChI=1S/C12H21N3/c1-8-4-5-11(6-9(8)2)15-7-10(3)12(13)14-15/h7-9,11H,4-6H2,1-3H3,(H2,13,14). The maximum absolute atomic E-state index is 5.78. The molecule has 0 spiro atoms. The van der Waals surface area contributed by atoms with Crippen LogP contribution >= 0.6 is 0 Å². The van der Waals surface area contributed by atoms with Gasteiger partial charge in [-0.25, -0.2) is 0 Å². The van der Waals surface area contributed by atoms with Gasteiger partial charge in [0.15, 0.2) is 0 Å². The number of nitrogen functional groups attached to an aromatic ring is 1. The Labute approximate surface area is 91.7 Å². The van der Waals surface area contributed by atoms with E-state index in [-0.39, 0.29) is 0 Å². The van der Waals surface area contributed by atoms with Gasteiger partial charge in [-0.1, -0.05) is 13.8 Å². The number of aryl methyl sites for hydroxylation is 1. The van der Waals surface area contributed by atoms with Gasteiger partial charge >= 0.3 is 0 Å². The lowest BCUT2D eigenvalue weighted by Gasteiger charge is -2.32. The van der Waals surface area contributed by atoms with Gasteiger partial charge in [0.05, 0.1) is 6.04 Å². The van der Waals surface area contributed by atoms with Gasteiger partial charge < -0.3 is 5.73 Å². The highest BCUT2D eigenvalue weighted by Crippen LogP contribution is 2.36. The van der Waals surface area contributed by atoms with Crippen LogP contribution in [0.15, 0.2) is 6.20 Å². The fraction of sp³-hybridized carbons (Fsp3) is 0.750. The molecule has 84 valence electrons. The van der Waals surface area contributed by atoms with E-state index in [1.807, 2.05) is 6.92 Å². The Kier molecular flexibility index (Phi) is 2.72. The van der Waals surface area contributed by atoms with Crippen LogP contribution in [0.3, 0.4) is 0 Å². The fourth-order valence-electron chi connectivity index (χ4n) is 2.44. The first kappa shape index (κ1) is 10.5. The molecule has 0 radical (unpaired) electrons. The fourth-order valence-corrected chi connectivity index (χ4v) is 2.44. The molecule has 3 nitrogen and oxygen atoms in total. The summed E-state index contributed by atoms with van der Waals surface area (Å²) < 4.78 is 2.08. The summed E-state index contributed by atoms with van der Waals surface area (Å²) >= 11 is 0. The van der Waals surface area contributed by atoms with Crippen LogP contribution in [0.2, 0.25) is 0 Å². The molecule has 0 amide bonds. The molecule has 2 rings (SSSR count). The third kappa shape index (κ3) is 2.01. The lowest BCUT2D eigenvalue weighted by atomic mass is 9.79. The van der Waals surface area contributed by atoms with Crippen LogP contribution in [0.4, 0.5) is 5.82 Å². The van der Waals surface area contributed by atoms with E-state index in [0.29, 0.717) is 11.9 Å². The first-order valence-electron chi connectivity index (χ1n) is 5.89. The third-order valence-electron chi connectivity index (χ3n) is 3.90. The first-order chi connectivity index (χ1) is 7.08. The molecule has 1 heterocycles. The van der Waals surface area contributed by atoms with E-state index in [9.17, 15) is 0 Å². The van der Waals surface area contributed by atoms with Crippen molar-refractivity contribution < 1.29 is 0 Å². The molecule has 3 unspecified atom stereocenters. The average Bonchev–Trinajstić information content (AvgIpc) is 2.52. The van der Waals surface area contributed by atoms with Gasteiger partial charge in [-0.2, -0.15) is 5.10 Å². The van der Waals surface area contributed by atoms with Crippen LogP contribution < -0.4 is 5.73 Å². The van der Waals surface area contributed by atoms with Gasteiger partial charge in [0.2, 0.25) is 0 Å². The van der Waals surface area contributed by atoms with E-state index < -0.39 is 0 Å². The molecule has 1 aliphatic carbocycles. The van der Waals surface area contributed by atoms with Crippen molar-refractivity contribution in [1.29, 1.82) is 0 Å². The van der Waals surface area contributed by atoms with E-state index >= 15 is 0 Å². The van der Waals surface area contributed by atoms with E-state index in [4.69, 9.17) is 5.73 Å². The molecular formula is C12H21N3. The van der Waals surface area contributed by atoms with Gasteiger partial charge in [0.1, 0.15) is 5.82 Å². The lowest BCUT2D eigenvalue weighted by Crippen LogP contribution is -2.23. The molecule has 15 heavy (non-hydrogen) atoms. The minimum atomic E-state index is 0.562. The summed E-state index contributed by atoms with van der Waals surface area (Å²) in [6.07, 6.45) is 5.88. The third-order valence-corrected chi connectivity index (χ3v) is 3.90. The van der Waals surface area contributed by atoms with Crippen LogP contribution in [0.1, 0.15) is 44.7 Å². The zero-order valence-electron chi connectivity index (χ0n) is 9.90. The molecule has 1 aromatic rings. The van der Waals surface area contributed by atoms with Crippen molar-refractivity contribution in [1.82, 2.24) is 9.78 Å². The molecule has 0 aliphatic heterocycles. The van der Waals surface area contributed by atoms with Crippen LogP contribution in [0.5, 0.6) is 0 Å². The Morgan fingerprint density at radius 3 is 2.60 bits per heavy atom. The largest absolute Gasteiger partial charge is 0.382 e. The number of hydrogen-bond donors (Lipinski definition) is 1. The highest BCUT2D eigenvalue weighted by atomic mass is 15.3. The second kappa shape index (κ2) is 3.87. The van der Waals surface area contributed by atoms with Crippen LogP contribution in [0.25, 0.3) is 0 Å². The molecule has 1 fully saturated rings. The minimum Gasteiger partial charge on any atom is -0.382 e. The summed E-state index contributed by atoms with van der Waals surface area (Å²) in [5.41, 5.74) is 6.88. The second-order valence-corrected chi connectivity index (χ2v) is 5.10. The highest BCUT2D eigenvalue weighted by Gasteiger charge is 2.26. The van der Waals surface area contributed by atoms with Crippen molar-refractivity contribution in [2.45, 2.75) is 46.1 Å². The quantitative estimate of drug-likeness (QED) is 0.769. The molecule has 0 aromatic carbocycles. The Balaban J connectivity index is 2.12. The van der Waals surface area contributed by atoms with Gasteiger partial charge in [-0.05, 0) is 38.0 Å². The van der Waals surface area contributed by atoms with Gasteiger partial charge in [0, 0.05) is 11.8 Å². The van der Waals surface area contributed by atoms with Gasteiger partial charge in [-0.15, -0.1) is 0 Å². The average molecular weight is 207 g/mol. The lowest BCUT2D eigenvalue weighted by molar-refractivity contribution is 0.201. The second-order valence-electron chi connectivity index (χ2n) is 5.10. The van der Waals surface area contributed by atoms with E-state index in [1.54, 1.807) is 0 Å². The van der Waals surface area contributed by atoms with Crippen LogP contribution in [0, 0.1) is 18.8 Å². The molecule has 0 saturated heterocycles. The van der Waals surface area contributed by atoms with E-state index in [0.717, 1.165) is 17.4 Å². The summed E-state index contributed by atoms with van der Waals surface area (Å²) in [5, 5.41) is 4.39. The molecule has 2 N–H and O–H groups in total. The molecule has 1 aliphatic rings. The molecule has 3 heteroatoms. The van der Waals surface area contributed by atoms with Crippen molar-refractivity contribution in [3.05, 3.63) is 11.8 Å². The summed E-state index contributed by atoms with van der Waals surface area (Å²) in [6.45, 7) is 6.72. The Hall–Kier alpha value is -0.990. The summed E-state index contributed by atoms with van der Waals surface area (Å²) in [5.74, 6) is 2.34. The molecule has 1 aromatic heterocycles. The monoisotopic (exact) mass is 207 g/mol. The maximum Gasteiger partial charge on any atom is 0.148 e. The topological polar surface area (TPSA) is 43.8 Å². The number of hydrogen-bond acceptors (Lipinski definition) is 2. The van der Waals surface area contributed by atoms with Crippen molar-refractivity contribution >= 4 is 5.82 Å². The smallest absolute Gasteiger partial charge is 0.148 e. The Morgan fingerprint density at radius 1 is 1.33 bits per heavy atom. The zero-order valence-corrected chi connectivity index (χ0v) is 9.90. The van der Waals surface area contributed by atoms with E-state index in [2.05, 4.69) is 29.8 Å². The Morgan fingerprint density at radius 2 is 2.07 bits per heavy atom. The van der Waals surface area contributed by atoms with Crippen molar-refractivity contribution in [3.63, 3.8) is 0 Å². The number of aromatic nitrogens is 2. The summed E-state index contributed by atoms with van der Waals surface area (Å²) in [7, 11) is 0. The van der Waals surface area contributed by atoms with E-state index in [1.165, 1.54) is 19.3 Å². The molecule has 0 bridgehead atoms. The predicted molar refractivity (Wildman–Crippen MR) is 62.6 cm³/mol. The summed E-state index contributed by atoms with van der Waals surface area (Å²) in [6, 6.07) is 0.562. The highest BCUT2D eigenvalue weighted by molar-refractivity contribution is 5.35. The molecular weight excluding hydrogens is 186 g/mol. The first-order valence-corrected chi connectivity index (χ1v) is 5.89. The van der Waals surface area contributed by atoms with Crippen molar-refractivity contribution in [2.75, 3.05) is 5.73 Å². The predicted octanol–water partition coefficient (Wildman–Crippen LogP) is 2.77. The van der Waals surface area contributed by atoms with Gasteiger partial charge in [0.25, 0.3) is 0 Å². The van der Waals surface area contributed by atoms with Gasteiger partial charge in [-0.3, -0.25) is 4.68 Å². The molecule has 3 atom stereocenters. The maximum atomic E-state index is 5.78. The Bertz CT molecular complexity index is 323. The number of rotatable bonds is 1. The van der Waals surface area contributed by atoms with Crippen LogP contribution in [-0.4, -0.2) is 9.78 Å². The van der Waals surface area contributed by atoms with Crippen molar-refractivity contribution in [2.24, 2.45) is 11.8 Å². The number of nitrogens with zero attached hydrogens (tertiary/aromatic N) is 2. The number of anilines is 1. The SMILES string of the molecule is Cc1cn(C2CCC(C)C(C)C2)nc1N. The zero-order chi connectivity index (χ0) is 11.0. The van der Waals surface area contributed by atoms with Crippen molar-refractivity contribution in [3.8, 4) is 0 Å². The normalized spacial score (nSPS) is 31.8. The van der Waals surface area contributed by atoms with Crippen LogP contribution in [-0.2, 0) is 0 Å². The summed E-state index contributed by atoms with van der Waals surface area (Å²) in [4.78, 5) is 0. The number of nitrogens with two attached hydrogens (primary N) is 1. The minimum absolute atomic E-state index is 0.562. The molecule has 1 saturated carbocycles.